The Bertz CT molecular complexity index is 183. The Morgan fingerprint density at radius 3 is 2.85 bits per heavy atom. The van der Waals surface area contributed by atoms with Crippen molar-refractivity contribution >= 4 is 13.0 Å². The maximum atomic E-state index is 11.4. The van der Waals surface area contributed by atoms with Gasteiger partial charge in [-0.25, -0.2) is 0 Å². The lowest BCUT2D eigenvalue weighted by Crippen LogP contribution is -2.50. The number of rotatable bonds is 3. The summed E-state index contributed by atoms with van der Waals surface area (Å²) >= 11 is 0. The third kappa shape index (κ3) is 2.98. The number of hydrogen-bond donors (Lipinski definition) is 4. The zero-order valence-corrected chi connectivity index (χ0v) is 7.66. The molecule has 5 nitrogen and oxygen atoms in total. The standard InChI is InChI=1S/C7H15BN2O3/c1-5(8(12)13)10-7(11)6-3-2-4-9-6/h5-6,9,12-13H,2-4H2,1H3,(H,10,11)/t5-,6-/m0/s1. The van der Waals surface area contributed by atoms with Crippen LogP contribution in [0.25, 0.3) is 0 Å². The molecule has 0 aromatic carbocycles. The lowest BCUT2D eigenvalue weighted by Gasteiger charge is -2.15. The van der Waals surface area contributed by atoms with Gasteiger partial charge in [0.05, 0.1) is 12.0 Å². The van der Waals surface area contributed by atoms with E-state index in [9.17, 15) is 4.79 Å². The highest BCUT2D eigenvalue weighted by molar-refractivity contribution is 6.43. The third-order valence-corrected chi connectivity index (χ3v) is 2.19. The maximum absolute atomic E-state index is 11.4. The van der Waals surface area contributed by atoms with Crippen LogP contribution in [0.15, 0.2) is 0 Å². The van der Waals surface area contributed by atoms with Gasteiger partial charge in [-0.05, 0) is 26.3 Å². The van der Waals surface area contributed by atoms with E-state index >= 15 is 0 Å². The van der Waals surface area contributed by atoms with Gasteiger partial charge >= 0.3 is 7.12 Å². The number of nitrogens with one attached hydrogen (secondary N) is 2. The molecule has 4 N–H and O–H groups in total. The second-order valence-corrected chi connectivity index (χ2v) is 3.36. The zero-order chi connectivity index (χ0) is 9.84. The van der Waals surface area contributed by atoms with Crippen molar-refractivity contribution in [3.63, 3.8) is 0 Å². The van der Waals surface area contributed by atoms with Crippen molar-refractivity contribution in [2.45, 2.75) is 31.7 Å². The number of carbonyl (C=O) groups is 1. The van der Waals surface area contributed by atoms with E-state index in [0.29, 0.717) is 0 Å². The van der Waals surface area contributed by atoms with Crippen LogP contribution in [0.4, 0.5) is 0 Å². The predicted octanol–water partition coefficient (Wildman–Crippen LogP) is -1.74. The van der Waals surface area contributed by atoms with Crippen molar-refractivity contribution in [1.29, 1.82) is 0 Å². The minimum Gasteiger partial charge on any atom is -0.426 e. The van der Waals surface area contributed by atoms with Gasteiger partial charge < -0.3 is 20.7 Å². The van der Waals surface area contributed by atoms with Crippen LogP contribution in [0.5, 0.6) is 0 Å². The van der Waals surface area contributed by atoms with Crippen molar-refractivity contribution in [2.24, 2.45) is 0 Å². The number of carbonyl (C=O) groups excluding carboxylic acids is 1. The minimum absolute atomic E-state index is 0.155. The normalized spacial score (nSPS) is 24.1. The average molecular weight is 186 g/mol. The fourth-order valence-electron chi connectivity index (χ4n) is 1.31. The summed E-state index contributed by atoms with van der Waals surface area (Å²) in [5, 5.41) is 23.0. The second kappa shape index (κ2) is 4.60. The molecule has 1 aliphatic heterocycles. The summed E-state index contributed by atoms with van der Waals surface area (Å²) in [4.78, 5) is 11.4. The Balaban J connectivity index is 2.31. The predicted molar refractivity (Wildman–Crippen MR) is 48.8 cm³/mol. The van der Waals surface area contributed by atoms with Crippen molar-refractivity contribution in [3.8, 4) is 0 Å². The van der Waals surface area contributed by atoms with Crippen molar-refractivity contribution in [2.75, 3.05) is 6.54 Å². The summed E-state index contributed by atoms with van der Waals surface area (Å²) in [7, 11) is -1.50. The van der Waals surface area contributed by atoms with Crippen LogP contribution in [0.1, 0.15) is 19.8 Å². The Morgan fingerprint density at radius 1 is 1.69 bits per heavy atom. The lowest BCUT2D eigenvalue weighted by atomic mass is 9.81. The van der Waals surface area contributed by atoms with Gasteiger partial charge in [-0.2, -0.15) is 0 Å². The average Bonchev–Trinajstić information content (AvgIpc) is 2.55. The van der Waals surface area contributed by atoms with E-state index in [0.717, 1.165) is 19.4 Å². The highest BCUT2D eigenvalue weighted by atomic mass is 16.4. The summed E-state index contributed by atoms with van der Waals surface area (Å²) in [6.45, 7) is 2.41. The molecule has 1 aliphatic rings. The third-order valence-electron chi connectivity index (χ3n) is 2.19. The zero-order valence-electron chi connectivity index (χ0n) is 7.66. The Morgan fingerprint density at radius 2 is 2.38 bits per heavy atom. The van der Waals surface area contributed by atoms with Crippen molar-refractivity contribution in [3.05, 3.63) is 0 Å². The summed E-state index contributed by atoms with van der Waals surface area (Å²) in [6.07, 6.45) is 1.81. The van der Waals surface area contributed by atoms with Gasteiger partial charge in [0.25, 0.3) is 0 Å². The fraction of sp³-hybridized carbons (Fsp3) is 0.857. The first kappa shape index (κ1) is 10.5. The molecule has 1 amide bonds. The molecule has 1 heterocycles. The number of amides is 1. The van der Waals surface area contributed by atoms with Crippen LogP contribution in [-0.2, 0) is 4.79 Å². The van der Waals surface area contributed by atoms with E-state index in [-0.39, 0.29) is 11.9 Å². The molecule has 0 saturated carbocycles. The monoisotopic (exact) mass is 186 g/mol. The van der Waals surface area contributed by atoms with Gasteiger partial charge in [-0.1, -0.05) is 0 Å². The summed E-state index contributed by atoms with van der Waals surface area (Å²) < 4.78 is 0. The molecule has 0 aromatic heterocycles. The van der Waals surface area contributed by atoms with Crippen LogP contribution < -0.4 is 10.6 Å². The molecule has 2 atom stereocenters. The first-order valence-corrected chi connectivity index (χ1v) is 4.51. The Labute approximate surface area is 77.7 Å². The second-order valence-electron chi connectivity index (χ2n) is 3.36. The summed E-state index contributed by atoms with van der Waals surface area (Å²) in [6, 6.07) is -0.166. The Kier molecular flexibility index (Phi) is 3.71. The Hall–Kier alpha value is -0.585. The van der Waals surface area contributed by atoms with Crippen molar-refractivity contribution in [1.82, 2.24) is 10.6 Å². The molecule has 0 spiro atoms. The minimum atomic E-state index is -1.50. The molecule has 1 saturated heterocycles. The van der Waals surface area contributed by atoms with Gasteiger partial charge in [-0.15, -0.1) is 0 Å². The van der Waals surface area contributed by atoms with Crippen LogP contribution >= 0.6 is 0 Å². The van der Waals surface area contributed by atoms with Gasteiger partial charge in [-0.3, -0.25) is 4.79 Å². The molecule has 6 heteroatoms. The highest BCUT2D eigenvalue weighted by Gasteiger charge is 2.26. The molecule has 0 aromatic rings. The summed E-state index contributed by atoms with van der Waals surface area (Å²) in [5.74, 6) is -0.770. The topological polar surface area (TPSA) is 81.6 Å². The summed E-state index contributed by atoms with van der Waals surface area (Å²) in [5.41, 5.74) is 0. The van der Waals surface area contributed by atoms with E-state index in [1.807, 2.05) is 0 Å². The van der Waals surface area contributed by atoms with Crippen LogP contribution in [0.3, 0.4) is 0 Å². The van der Waals surface area contributed by atoms with Crippen LogP contribution in [0.2, 0.25) is 0 Å². The number of hydrogen-bond acceptors (Lipinski definition) is 4. The van der Waals surface area contributed by atoms with E-state index in [1.165, 1.54) is 0 Å². The van der Waals surface area contributed by atoms with Gasteiger partial charge in [0.15, 0.2) is 0 Å². The molecule has 0 aliphatic carbocycles. The van der Waals surface area contributed by atoms with Crippen LogP contribution in [0, 0.1) is 0 Å². The molecule has 0 unspecified atom stereocenters. The maximum Gasteiger partial charge on any atom is 0.475 e. The molecular formula is C7H15BN2O3. The van der Waals surface area contributed by atoms with Crippen LogP contribution in [-0.4, -0.2) is 41.6 Å². The first-order valence-electron chi connectivity index (χ1n) is 4.51. The molecule has 1 fully saturated rings. The van der Waals surface area contributed by atoms with Crippen molar-refractivity contribution < 1.29 is 14.8 Å². The fourth-order valence-corrected chi connectivity index (χ4v) is 1.31. The van der Waals surface area contributed by atoms with E-state index < -0.39 is 13.1 Å². The smallest absolute Gasteiger partial charge is 0.426 e. The molecule has 74 valence electrons. The molecule has 0 radical (unpaired) electrons. The molecule has 0 bridgehead atoms. The molecular weight excluding hydrogens is 171 g/mol. The van der Waals surface area contributed by atoms with E-state index in [2.05, 4.69) is 10.6 Å². The van der Waals surface area contributed by atoms with E-state index in [4.69, 9.17) is 10.0 Å². The lowest BCUT2D eigenvalue weighted by molar-refractivity contribution is -0.123. The highest BCUT2D eigenvalue weighted by Crippen LogP contribution is 2.04. The van der Waals surface area contributed by atoms with E-state index in [1.54, 1.807) is 6.92 Å². The molecule has 1 rings (SSSR count). The van der Waals surface area contributed by atoms with Gasteiger partial charge in [0.1, 0.15) is 0 Å². The van der Waals surface area contributed by atoms with Gasteiger partial charge in [0, 0.05) is 0 Å². The quantitative estimate of drug-likeness (QED) is 0.394. The first-order chi connectivity index (χ1) is 6.11. The molecule has 13 heavy (non-hydrogen) atoms. The SMILES string of the molecule is C[C@H](NC(=O)[C@@H]1CCCN1)B(O)O. The van der Waals surface area contributed by atoms with Gasteiger partial charge in [0.2, 0.25) is 5.91 Å². The largest absolute Gasteiger partial charge is 0.475 e.